The molecule has 2 heterocycles. The first-order valence-electron chi connectivity index (χ1n) is 8.25. The van der Waals surface area contributed by atoms with Crippen LogP contribution >= 0.6 is 0 Å². The lowest BCUT2D eigenvalue weighted by Gasteiger charge is -2.40. The highest BCUT2D eigenvalue weighted by Crippen LogP contribution is 2.35. The van der Waals surface area contributed by atoms with Gasteiger partial charge in [0.05, 0.1) is 24.6 Å². The topological polar surface area (TPSA) is 24.9 Å². The van der Waals surface area contributed by atoms with Gasteiger partial charge in [0.1, 0.15) is 6.10 Å². The Morgan fingerprint density at radius 3 is 2.55 bits per heavy atom. The normalized spacial score (nSPS) is 23.2. The molecule has 1 unspecified atom stereocenters. The van der Waals surface area contributed by atoms with Crippen LogP contribution in [-0.4, -0.2) is 55.9 Å². The molecule has 0 bridgehead atoms. The second-order valence-corrected chi connectivity index (χ2v) is 6.26. The zero-order valence-electron chi connectivity index (χ0n) is 14.7. The molecule has 1 fully saturated rings. The van der Waals surface area contributed by atoms with Gasteiger partial charge in [-0.05, 0) is 30.9 Å². The van der Waals surface area contributed by atoms with Crippen molar-refractivity contribution in [3.63, 3.8) is 0 Å². The Kier molecular flexibility index (Phi) is 5.70. The first kappa shape index (κ1) is 17.1. The van der Waals surface area contributed by atoms with Crippen molar-refractivity contribution >= 4 is 0 Å². The molecule has 1 saturated heterocycles. The Bertz CT molecular complexity index is 473. The molecule has 0 aromatic heterocycles. The molecule has 2 aliphatic rings. The zero-order valence-corrected chi connectivity index (χ0v) is 14.7. The summed E-state index contributed by atoms with van der Waals surface area (Å²) in [5, 5.41) is 0. The minimum absolute atomic E-state index is 0.0515. The van der Waals surface area contributed by atoms with Crippen LogP contribution in [0.5, 0.6) is 0 Å². The van der Waals surface area contributed by atoms with Gasteiger partial charge in [-0.15, -0.1) is 0 Å². The maximum absolute atomic E-state index is 5.80. The molecule has 4 nitrogen and oxygen atoms in total. The van der Waals surface area contributed by atoms with Crippen molar-refractivity contribution in [1.29, 1.82) is 0 Å². The van der Waals surface area contributed by atoms with Gasteiger partial charge in [0.2, 0.25) is 0 Å². The molecule has 4 heteroatoms. The van der Waals surface area contributed by atoms with Crippen molar-refractivity contribution < 1.29 is 9.47 Å². The number of hydrogen-bond donors (Lipinski definition) is 0. The fraction of sp³-hybridized carbons (Fsp3) is 0.667. The molecule has 0 saturated carbocycles. The second kappa shape index (κ2) is 7.34. The van der Waals surface area contributed by atoms with Crippen LogP contribution in [0.25, 0.3) is 0 Å². The standard InChI is InChI=1S/C18H30N2O2/c1-7-19-12-16(13(2)3)18(21-6)14(4)17(19)15(5)20-8-10-22-11-9-20/h12-13,18H,5,7-11H2,1-4,6H3. The van der Waals surface area contributed by atoms with E-state index in [1.54, 1.807) is 7.11 Å². The van der Waals surface area contributed by atoms with E-state index in [0.29, 0.717) is 5.92 Å². The second-order valence-electron chi connectivity index (χ2n) is 6.26. The Labute approximate surface area is 135 Å². The molecule has 0 amide bonds. The van der Waals surface area contributed by atoms with Crippen LogP contribution in [-0.2, 0) is 9.47 Å². The van der Waals surface area contributed by atoms with Crippen molar-refractivity contribution in [2.75, 3.05) is 40.0 Å². The molecule has 124 valence electrons. The molecule has 1 atom stereocenters. The number of hydrogen-bond acceptors (Lipinski definition) is 4. The van der Waals surface area contributed by atoms with Gasteiger partial charge in [0.15, 0.2) is 0 Å². The number of nitrogens with zero attached hydrogens (tertiary/aromatic N) is 2. The van der Waals surface area contributed by atoms with Gasteiger partial charge in [-0.3, -0.25) is 0 Å². The third-order valence-corrected chi connectivity index (χ3v) is 4.57. The highest BCUT2D eigenvalue weighted by atomic mass is 16.5. The van der Waals surface area contributed by atoms with Crippen LogP contribution in [0, 0.1) is 5.92 Å². The molecule has 22 heavy (non-hydrogen) atoms. The summed E-state index contributed by atoms with van der Waals surface area (Å²) in [6, 6.07) is 0. The largest absolute Gasteiger partial charge is 0.378 e. The van der Waals surface area contributed by atoms with Gasteiger partial charge < -0.3 is 19.3 Å². The minimum atomic E-state index is 0.0515. The van der Waals surface area contributed by atoms with Crippen molar-refractivity contribution in [2.24, 2.45) is 5.92 Å². The van der Waals surface area contributed by atoms with E-state index < -0.39 is 0 Å². The molecule has 0 aromatic carbocycles. The van der Waals surface area contributed by atoms with E-state index in [0.717, 1.165) is 38.5 Å². The van der Waals surface area contributed by atoms with E-state index >= 15 is 0 Å². The Morgan fingerprint density at radius 2 is 2.05 bits per heavy atom. The third-order valence-electron chi connectivity index (χ3n) is 4.57. The molecule has 2 aliphatic heterocycles. The smallest absolute Gasteiger partial charge is 0.103 e. The van der Waals surface area contributed by atoms with Gasteiger partial charge in [-0.2, -0.15) is 0 Å². The average Bonchev–Trinajstić information content (AvgIpc) is 2.53. The van der Waals surface area contributed by atoms with E-state index in [4.69, 9.17) is 9.47 Å². The Morgan fingerprint density at radius 1 is 1.41 bits per heavy atom. The van der Waals surface area contributed by atoms with Gasteiger partial charge in [-0.25, -0.2) is 0 Å². The predicted octanol–water partition coefficient (Wildman–Crippen LogP) is 3.00. The summed E-state index contributed by atoms with van der Waals surface area (Å²) in [5.41, 5.74) is 4.89. The van der Waals surface area contributed by atoms with Crippen LogP contribution in [0.1, 0.15) is 27.7 Å². The van der Waals surface area contributed by atoms with Gasteiger partial charge >= 0.3 is 0 Å². The predicted molar refractivity (Wildman–Crippen MR) is 90.3 cm³/mol. The summed E-state index contributed by atoms with van der Waals surface area (Å²) < 4.78 is 11.3. The SMILES string of the molecule is C=C(C1=C(C)C(OC)C(C(C)C)=CN1CC)N1CCOCC1. The summed E-state index contributed by atoms with van der Waals surface area (Å²) in [6.45, 7) is 17.5. The Balaban J connectivity index is 2.34. The zero-order chi connectivity index (χ0) is 16.3. The van der Waals surface area contributed by atoms with Crippen molar-refractivity contribution in [3.8, 4) is 0 Å². The molecular formula is C18H30N2O2. The van der Waals surface area contributed by atoms with Gasteiger partial charge in [0.25, 0.3) is 0 Å². The van der Waals surface area contributed by atoms with E-state index in [1.165, 1.54) is 16.8 Å². The molecular weight excluding hydrogens is 276 g/mol. The fourth-order valence-electron chi connectivity index (χ4n) is 3.30. The van der Waals surface area contributed by atoms with E-state index in [2.05, 4.69) is 50.3 Å². The molecule has 2 rings (SSSR count). The van der Waals surface area contributed by atoms with Crippen molar-refractivity contribution in [3.05, 3.63) is 35.3 Å². The van der Waals surface area contributed by atoms with Crippen LogP contribution in [0.4, 0.5) is 0 Å². The summed E-state index contributed by atoms with van der Waals surface area (Å²) in [4.78, 5) is 4.64. The lowest BCUT2D eigenvalue weighted by Crippen LogP contribution is -2.40. The monoisotopic (exact) mass is 306 g/mol. The molecule has 0 N–H and O–H groups in total. The maximum atomic E-state index is 5.80. The highest BCUT2D eigenvalue weighted by molar-refractivity contribution is 5.42. The van der Waals surface area contributed by atoms with E-state index in [-0.39, 0.29) is 6.10 Å². The first-order valence-corrected chi connectivity index (χ1v) is 8.25. The summed E-state index contributed by atoms with van der Waals surface area (Å²) in [6.07, 6.45) is 2.31. The first-order chi connectivity index (χ1) is 10.5. The van der Waals surface area contributed by atoms with Gasteiger partial charge in [-0.1, -0.05) is 20.4 Å². The number of methoxy groups -OCH3 is 1. The quantitative estimate of drug-likeness (QED) is 0.779. The molecule has 0 aliphatic carbocycles. The number of ether oxygens (including phenoxy) is 2. The number of morpholine rings is 1. The van der Waals surface area contributed by atoms with Crippen molar-refractivity contribution in [2.45, 2.75) is 33.8 Å². The third kappa shape index (κ3) is 3.23. The van der Waals surface area contributed by atoms with Crippen LogP contribution in [0.15, 0.2) is 35.3 Å². The molecule has 0 spiro atoms. The number of likely N-dealkylation sites (N-methyl/N-ethyl adjacent to an activating group) is 1. The fourth-order valence-corrected chi connectivity index (χ4v) is 3.30. The average molecular weight is 306 g/mol. The van der Waals surface area contributed by atoms with Gasteiger partial charge in [0, 0.05) is 32.9 Å². The maximum Gasteiger partial charge on any atom is 0.103 e. The highest BCUT2D eigenvalue weighted by Gasteiger charge is 2.31. The number of rotatable bonds is 5. The van der Waals surface area contributed by atoms with Crippen LogP contribution < -0.4 is 0 Å². The Hall–Kier alpha value is -1.26. The summed E-state index contributed by atoms with van der Waals surface area (Å²) in [5.74, 6) is 0.465. The summed E-state index contributed by atoms with van der Waals surface area (Å²) >= 11 is 0. The van der Waals surface area contributed by atoms with Crippen LogP contribution in [0.2, 0.25) is 0 Å². The lowest BCUT2D eigenvalue weighted by molar-refractivity contribution is 0.0530. The minimum Gasteiger partial charge on any atom is -0.378 e. The summed E-state index contributed by atoms with van der Waals surface area (Å²) in [7, 11) is 1.79. The van der Waals surface area contributed by atoms with E-state index in [1.807, 2.05) is 0 Å². The van der Waals surface area contributed by atoms with Crippen molar-refractivity contribution in [1.82, 2.24) is 9.80 Å². The lowest BCUT2D eigenvalue weighted by atomic mass is 9.89. The molecule has 0 radical (unpaired) electrons. The molecule has 0 aromatic rings. The van der Waals surface area contributed by atoms with Crippen LogP contribution in [0.3, 0.4) is 0 Å². The van der Waals surface area contributed by atoms with E-state index in [9.17, 15) is 0 Å².